The van der Waals surface area contributed by atoms with Gasteiger partial charge >= 0.3 is 0 Å². The van der Waals surface area contributed by atoms with Crippen molar-refractivity contribution >= 4 is 17.2 Å². The van der Waals surface area contributed by atoms with E-state index in [2.05, 4.69) is 10.2 Å². The van der Waals surface area contributed by atoms with Crippen LogP contribution in [0.3, 0.4) is 0 Å². The van der Waals surface area contributed by atoms with E-state index < -0.39 is 6.10 Å². The third kappa shape index (κ3) is 3.30. The number of hydrogen-bond acceptors (Lipinski definition) is 5. The monoisotopic (exact) mass is 371 g/mol. The molecule has 4 heterocycles. The van der Waals surface area contributed by atoms with Crippen LogP contribution in [0.5, 0.6) is 0 Å². The van der Waals surface area contributed by atoms with Crippen molar-refractivity contribution in [1.82, 2.24) is 24.5 Å². The summed E-state index contributed by atoms with van der Waals surface area (Å²) in [5.74, 6) is 0.131. The van der Waals surface area contributed by atoms with Gasteiger partial charge in [0.2, 0.25) is 5.91 Å². The van der Waals surface area contributed by atoms with Gasteiger partial charge in [-0.15, -0.1) is 0 Å². The van der Waals surface area contributed by atoms with Gasteiger partial charge in [-0.2, -0.15) is 21.5 Å². The van der Waals surface area contributed by atoms with Crippen LogP contribution in [-0.2, 0) is 31.4 Å². The number of aliphatic hydroxyl groups is 1. The number of carbonyl (C=O) groups is 1. The molecule has 7 nitrogen and oxygen atoms in total. The quantitative estimate of drug-likeness (QED) is 0.758. The van der Waals surface area contributed by atoms with E-state index in [1.807, 2.05) is 32.5 Å². The fraction of sp³-hybridized carbons (Fsp3) is 0.389. The lowest BCUT2D eigenvalue weighted by atomic mass is 10.1. The second-order valence-corrected chi connectivity index (χ2v) is 7.32. The number of fused-ring (bicyclic) bond motifs is 1. The third-order valence-corrected chi connectivity index (χ3v) is 5.47. The third-order valence-electron chi connectivity index (χ3n) is 4.74. The molecule has 0 fully saturated rings. The molecule has 8 heteroatoms. The van der Waals surface area contributed by atoms with E-state index in [4.69, 9.17) is 0 Å². The van der Waals surface area contributed by atoms with E-state index >= 15 is 0 Å². The molecule has 4 rings (SSSR count). The van der Waals surface area contributed by atoms with Crippen LogP contribution in [0.2, 0.25) is 0 Å². The van der Waals surface area contributed by atoms with Crippen LogP contribution in [0.25, 0.3) is 0 Å². The van der Waals surface area contributed by atoms with Gasteiger partial charge in [-0.05, 0) is 40.9 Å². The van der Waals surface area contributed by atoms with Crippen LogP contribution in [0.15, 0.2) is 35.2 Å². The van der Waals surface area contributed by atoms with Gasteiger partial charge in [-0.25, -0.2) is 0 Å². The average Bonchev–Trinajstić information content (AvgIpc) is 3.34. The van der Waals surface area contributed by atoms with Crippen LogP contribution >= 0.6 is 11.3 Å². The summed E-state index contributed by atoms with van der Waals surface area (Å²) in [7, 11) is 1.80. The first-order valence-electron chi connectivity index (χ1n) is 8.63. The Morgan fingerprint density at radius 3 is 3.00 bits per heavy atom. The van der Waals surface area contributed by atoms with Gasteiger partial charge < -0.3 is 10.0 Å². The second kappa shape index (κ2) is 7.05. The largest absolute Gasteiger partial charge is 0.380 e. The van der Waals surface area contributed by atoms with E-state index in [9.17, 15) is 9.90 Å². The number of aliphatic hydroxyl groups excluding tert-OH is 1. The minimum absolute atomic E-state index is 0.131. The molecule has 0 unspecified atom stereocenters. The highest BCUT2D eigenvalue weighted by atomic mass is 32.1. The SMILES string of the molecule is Cn1nccc1[C@H](O)c1cc2n(n1)CCCN(C(=O)Cc1ccsc1)C2. The first kappa shape index (κ1) is 17.0. The summed E-state index contributed by atoms with van der Waals surface area (Å²) in [6, 6.07) is 5.67. The van der Waals surface area contributed by atoms with Gasteiger partial charge in [-0.1, -0.05) is 0 Å². The van der Waals surface area contributed by atoms with Gasteiger partial charge in [-0.3, -0.25) is 14.2 Å². The Balaban J connectivity index is 1.52. The molecule has 0 bridgehead atoms. The zero-order valence-corrected chi connectivity index (χ0v) is 15.4. The number of carbonyl (C=O) groups excluding carboxylic acids is 1. The molecule has 3 aromatic heterocycles. The topological polar surface area (TPSA) is 76.2 Å². The maximum atomic E-state index is 12.6. The summed E-state index contributed by atoms with van der Waals surface area (Å²) >= 11 is 1.61. The van der Waals surface area contributed by atoms with Gasteiger partial charge in [0.15, 0.2) is 0 Å². The van der Waals surface area contributed by atoms with Crippen LogP contribution in [-0.4, -0.2) is 42.0 Å². The Kier molecular flexibility index (Phi) is 4.60. The predicted molar refractivity (Wildman–Crippen MR) is 97.6 cm³/mol. The molecule has 3 aromatic rings. The summed E-state index contributed by atoms with van der Waals surface area (Å²) < 4.78 is 3.55. The number of nitrogens with zero attached hydrogens (tertiary/aromatic N) is 5. The summed E-state index contributed by atoms with van der Waals surface area (Å²) in [5.41, 5.74) is 3.31. The van der Waals surface area contributed by atoms with Crippen molar-refractivity contribution in [1.29, 1.82) is 0 Å². The highest BCUT2D eigenvalue weighted by Crippen LogP contribution is 2.23. The van der Waals surface area contributed by atoms with E-state index in [1.165, 1.54) is 0 Å². The highest BCUT2D eigenvalue weighted by molar-refractivity contribution is 7.08. The number of rotatable bonds is 4. The van der Waals surface area contributed by atoms with Crippen LogP contribution < -0.4 is 0 Å². The zero-order valence-electron chi connectivity index (χ0n) is 14.6. The Morgan fingerprint density at radius 1 is 1.38 bits per heavy atom. The molecule has 1 N–H and O–H groups in total. The maximum absolute atomic E-state index is 12.6. The zero-order chi connectivity index (χ0) is 18.1. The van der Waals surface area contributed by atoms with Crippen LogP contribution in [0, 0.1) is 0 Å². The molecular weight excluding hydrogens is 350 g/mol. The fourth-order valence-corrected chi connectivity index (χ4v) is 3.98. The van der Waals surface area contributed by atoms with Crippen LogP contribution in [0.1, 0.15) is 35.2 Å². The molecule has 0 saturated carbocycles. The Labute approximate surface area is 155 Å². The highest BCUT2D eigenvalue weighted by Gasteiger charge is 2.24. The lowest BCUT2D eigenvalue weighted by Crippen LogP contribution is -2.31. The van der Waals surface area contributed by atoms with Crippen molar-refractivity contribution in [3.05, 3.63) is 57.8 Å². The molecule has 0 aromatic carbocycles. The number of thiophene rings is 1. The van der Waals surface area contributed by atoms with E-state index in [0.717, 1.165) is 30.8 Å². The summed E-state index contributed by atoms with van der Waals surface area (Å²) in [5, 5.41) is 23.3. The normalized spacial score (nSPS) is 15.5. The van der Waals surface area contributed by atoms with Crippen molar-refractivity contribution in [2.24, 2.45) is 7.05 Å². The van der Waals surface area contributed by atoms with Crippen molar-refractivity contribution in [3.63, 3.8) is 0 Å². The van der Waals surface area contributed by atoms with Gasteiger partial charge in [0.1, 0.15) is 6.10 Å². The first-order chi connectivity index (χ1) is 12.6. The van der Waals surface area contributed by atoms with Crippen molar-refractivity contribution in [3.8, 4) is 0 Å². The summed E-state index contributed by atoms with van der Waals surface area (Å²) in [6.45, 7) is 2.00. The molecule has 0 spiro atoms. The molecule has 1 aliphatic heterocycles. The van der Waals surface area contributed by atoms with Gasteiger partial charge in [0.25, 0.3) is 0 Å². The fourth-order valence-electron chi connectivity index (χ4n) is 3.31. The molecule has 1 amide bonds. The smallest absolute Gasteiger partial charge is 0.227 e. The van der Waals surface area contributed by atoms with Crippen LogP contribution in [0.4, 0.5) is 0 Å². The number of hydrogen-bond donors (Lipinski definition) is 1. The molecule has 1 aliphatic rings. The predicted octanol–water partition coefficient (Wildman–Crippen LogP) is 1.73. The number of aryl methyl sites for hydroxylation is 2. The first-order valence-corrected chi connectivity index (χ1v) is 9.57. The van der Waals surface area contributed by atoms with Gasteiger partial charge in [0, 0.05) is 26.3 Å². The number of aromatic nitrogens is 4. The minimum Gasteiger partial charge on any atom is -0.380 e. The van der Waals surface area contributed by atoms with Gasteiger partial charge in [0.05, 0.1) is 30.0 Å². The van der Waals surface area contributed by atoms with E-state index in [0.29, 0.717) is 24.4 Å². The summed E-state index contributed by atoms with van der Waals surface area (Å²) in [6.07, 6.45) is 2.12. The lowest BCUT2D eigenvalue weighted by Gasteiger charge is -2.19. The molecule has 136 valence electrons. The van der Waals surface area contributed by atoms with E-state index in [-0.39, 0.29) is 5.91 Å². The van der Waals surface area contributed by atoms with Crippen molar-refractivity contribution < 1.29 is 9.90 Å². The lowest BCUT2D eigenvalue weighted by molar-refractivity contribution is -0.131. The maximum Gasteiger partial charge on any atom is 0.227 e. The standard InChI is InChI=1S/C18H21N5O2S/c1-21-16(3-5-19-21)18(25)15-10-14-11-22(6-2-7-23(14)20-15)17(24)9-13-4-8-26-12-13/h3-5,8,10,12,18,25H,2,6-7,9,11H2,1H3/t18-/m1/s1. The average molecular weight is 371 g/mol. The molecule has 1 atom stereocenters. The summed E-state index contributed by atoms with van der Waals surface area (Å²) in [4.78, 5) is 14.5. The Bertz CT molecular complexity index is 899. The molecule has 0 saturated heterocycles. The minimum atomic E-state index is -0.822. The molecule has 0 aliphatic carbocycles. The molecule has 26 heavy (non-hydrogen) atoms. The Hall–Kier alpha value is -2.45. The van der Waals surface area contributed by atoms with Crippen molar-refractivity contribution in [2.45, 2.75) is 32.0 Å². The van der Waals surface area contributed by atoms with Crippen molar-refractivity contribution in [2.75, 3.05) is 6.54 Å². The van der Waals surface area contributed by atoms with E-state index in [1.54, 1.807) is 35.3 Å². The molecular formula is C18H21N5O2S. The Morgan fingerprint density at radius 2 is 2.27 bits per heavy atom. The number of amides is 1. The second-order valence-electron chi connectivity index (χ2n) is 6.54. The molecule has 0 radical (unpaired) electrons.